The lowest BCUT2D eigenvalue weighted by Gasteiger charge is -2.04. The Morgan fingerprint density at radius 1 is 1.31 bits per heavy atom. The number of Topliss-reactive ketones (excluding diaryl/α,β-unsaturated/α-hetero) is 1. The highest BCUT2D eigenvalue weighted by atomic mass is 35.5. The number of carbonyl (C=O) groups excluding carboxylic acids is 1. The van der Waals surface area contributed by atoms with Crippen molar-refractivity contribution in [2.24, 2.45) is 0 Å². The van der Waals surface area contributed by atoms with E-state index in [2.05, 4.69) is 22.6 Å². The maximum Gasteiger partial charge on any atom is 0.184 e. The van der Waals surface area contributed by atoms with Crippen LogP contribution in [0.3, 0.4) is 0 Å². The smallest absolute Gasteiger partial charge is 0.184 e. The molecule has 0 atom stereocenters. The molecule has 2 aromatic heterocycles. The van der Waals surface area contributed by atoms with Crippen LogP contribution in [-0.4, -0.2) is 20.3 Å². The van der Waals surface area contributed by atoms with E-state index in [4.69, 9.17) is 21.6 Å². The number of nitriles is 1. The molecule has 1 N–H and O–H groups in total. The van der Waals surface area contributed by atoms with Crippen LogP contribution in [0.2, 0.25) is 5.02 Å². The number of nitrogens with one attached hydrogen (secondary N) is 1. The first-order valence-electron chi connectivity index (χ1n) is 9.84. The van der Waals surface area contributed by atoms with Gasteiger partial charge >= 0.3 is 0 Å². The summed E-state index contributed by atoms with van der Waals surface area (Å²) in [4.78, 5) is 20.5. The van der Waals surface area contributed by atoms with Crippen molar-refractivity contribution >= 4 is 40.6 Å². The monoisotopic (exact) mass is 442 g/mol. The van der Waals surface area contributed by atoms with Crippen molar-refractivity contribution < 1.29 is 9.53 Å². The van der Waals surface area contributed by atoms with E-state index in [1.807, 2.05) is 19.1 Å². The number of H-pyrrole nitrogens is 1. The van der Waals surface area contributed by atoms with Gasteiger partial charge < -0.3 is 14.3 Å². The van der Waals surface area contributed by atoms with Crippen LogP contribution < -0.4 is 15.3 Å². The van der Waals surface area contributed by atoms with Crippen LogP contribution in [0.4, 0.5) is 0 Å². The standard InChI is InChI=1S/C25H19ClN4O2/c1-3-20-21(25(31)14-30-15-29-23-11-18(26)6-9-24(23)30)13-28-22(20)10-16(2)32-19-7-4-17(12-27)5-8-19/h3-11,13,15,28H,2,14H2,1H3/b20-3-,22-10+. The van der Waals surface area contributed by atoms with E-state index in [0.717, 1.165) is 21.6 Å². The fraction of sp³-hybridized carbons (Fsp3) is 0.0800. The molecular formula is C25H19ClN4O2. The summed E-state index contributed by atoms with van der Waals surface area (Å²) in [6.45, 7) is 5.96. The second-order valence-electron chi connectivity index (χ2n) is 7.10. The van der Waals surface area contributed by atoms with Gasteiger partial charge in [0.2, 0.25) is 0 Å². The van der Waals surface area contributed by atoms with E-state index in [-0.39, 0.29) is 12.3 Å². The average molecular weight is 443 g/mol. The number of hydrogen-bond acceptors (Lipinski definition) is 4. The summed E-state index contributed by atoms with van der Waals surface area (Å²) in [6.07, 6.45) is 6.94. The molecule has 6 nitrogen and oxygen atoms in total. The fourth-order valence-corrected chi connectivity index (χ4v) is 3.62. The van der Waals surface area contributed by atoms with Crippen LogP contribution in [0.25, 0.3) is 23.2 Å². The topological polar surface area (TPSA) is 83.7 Å². The highest BCUT2D eigenvalue weighted by Crippen LogP contribution is 2.18. The zero-order valence-electron chi connectivity index (χ0n) is 17.3. The molecule has 32 heavy (non-hydrogen) atoms. The molecule has 0 bridgehead atoms. The van der Waals surface area contributed by atoms with E-state index < -0.39 is 0 Å². The minimum absolute atomic E-state index is 0.0538. The lowest BCUT2D eigenvalue weighted by Crippen LogP contribution is -2.28. The number of carbonyl (C=O) groups is 1. The Morgan fingerprint density at radius 3 is 2.81 bits per heavy atom. The molecule has 0 saturated heterocycles. The lowest BCUT2D eigenvalue weighted by molar-refractivity contribution is 0.0972. The minimum Gasteiger partial charge on any atom is -0.458 e. The largest absolute Gasteiger partial charge is 0.458 e. The number of aromatic nitrogens is 3. The van der Waals surface area contributed by atoms with Crippen molar-refractivity contribution in [3.63, 3.8) is 0 Å². The molecule has 2 aromatic carbocycles. The third kappa shape index (κ3) is 4.34. The first-order valence-corrected chi connectivity index (χ1v) is 10.2. The summed E-state index contributed by atoms with van der Waals surface area (Å²) >= 11 is 6.02. The van der Waals surface area contributed by atoms with Crippen LogP contribution in [0.15, 0.2) is 67.3 Å². The number of rotatable bonds is 6. The third-order valence-electron chi connectivity index (χ3n) is 4.98. The molecule has 0 spiro atoms. The molecule has 158 valence electrons. The zero-order chi connectivity index (χ0) is 22.7. The van der Waals surface area contributed by atoms with Gasteiger partial charge in [-0.05, 0) is 49.4 Å². The number of ether oxygens (including phenoxy) is 1. The Hall–Kier alpha value is -4.08. The molecule has 4 rings (SSSR count). The lowest BCUT2D eigenvalue weighted by atomic mass is 10.1. The number of benzene rings is 2. The van der Waals surface area contributed by atoms with E-state index in [0.29, 0.717) is 27.7 Å². The molecule has 7 heteroatoms. The maximum absolute atomic E-state index is 13.0. The number of halogens is 1. The van der Waals surface area contributed by atoms with Crippen LogP contribution in [0.5, 0.6) is 5.75 Å². The van der Waals surface area contributed by atoms with Crippen molar-refractivity contribution in [3.05, 3.63) is 94.0 Å². The van der Waals surface area contributed by atoms with E-state index in [1.165, 1.54) is 0 Å². The highest BCUT2D eigenvalue weighted by molar-refractivity contribution is 6.31. The maximum atomic E-state index is 13.0. The summed E-state index contributed by atoms with van der Waals surface area (Å²) in [5.41, 5.74) is 2.71. The Labute approximate surface area is 189 Å². The number of aromatic amines is 1. The number of nitrogens with zero attached hydrogens (tertiary/aromatic N) is 3. The number of imidazole rings is 1. The van der Waals surface area contributed by atoms with Crippen LogP contribution in [-0.2, 0) is 6.54 Å². The van der Waals surface area contributed by atoms with Gasteiger partial charge in [0.15, 0.2) is 5.78 Å². The quantitative estimate of drug-likeness (QED) is 0.362. The van der Waals surface area contributed by atoms with Gasteiger partial charge in [0.05, 0.1) is 35.5 Å². The Kier molecular flexibility index (Phi) is 5.93. The van der Waals surface area contributed by atoms with Crippen molar-refractivity contribution in [2.45, 2.75) is 13.5 Å². The number of allylic oxidation sites excluding steroid dienone is 1. The molecule has 0 amide bonds. The molecule has 0 unspecified atom stereocenters. The van der Waals surface area contributed by atoms with Gasteiger partial charge in [-0.1, -0.05) is 24.3 Å². The number of ketones is 1. The van der Waals surface area contributed by atoms with Gasteiger partial charge in [0.25, 0.3) is 0 Å². The zero-order valence-corrected chi connectivity index (χ0v) is 18.1. The molecule has 2 heterocycles. The van der Waals surface area contributed by atoms with E-state index in [1.54, 1.807) is 59.6 Å². The molecule has 0 radical (unpaired) electrons. The van der Waals surface area contributed by atoms with Gasteiger partial charge in [-0.25, -0.2) is 4.98 Å². The van der Waals surface area contributed by atoms with Crippen molar-refractivity contribution in [1.29, 1.82) is 5.26 Å². The molecular weight excluding hydrogens is 424 g/mol. The summed E-state index contributed by atoms with van der Waals surface area (Å²) in [5, 5.41) is 11.0. The first-order chi connectivity index (χ1) is 15.5. The van der Waals surface area contributed by atoms with Crippen molar-refractivity contribution in [1.82, 2.24) is 14.5 Å². The van der Waals surface area contributed by atoms with Gasteiger partial charge in [-0.2, -0.15) is 5.26 Å². The normalized spacial score (nSPS) is 12.2. The molecule has 0 saturated carbocycles. The van der Waals surface area contributed by atoms with Gasteiger partial charge in [-0.15, -0.1) is 0 Å². The van der Waals surface area contributed by atoms with E-state index >= 15 is 0 Å². The predicted molar refractivity (Wildman–Crippen MR) is 125 cm³/mol. The predicted octanol–water partition coefficient (Wildman–Crippen LogP) is 3.95. The summed E-state index contributed by atoms with van der Waals surface area (Å²) < 4.78 is 7.53. The summed E-state index contributed by atoms with van der Waals surface area (Å²) in [5.74, 6) is 0.917. The van der Waals surface area contributed by atoms with Crippen LogP contribution in [0.1, 0.15) is 22.8 Å². The Morgan fingerprint density at radius 2 is 2.09 bits per heavy atom. The van der Waals surface area contributed by atoms with Gasteiger partial charge in [0.1, 0.15) is 11.5 Å². The molecule has 0 aliphatic heterocycles. The summed E-state index contributed by atoms with van der Waals surface area (Å²) in [6, 6.07) is 14.2. The molecule has 0 fully saturated rings. The highest BCUT2D eigenvalue weighted by Gasteiger charge is 2.13. The van der Waals surface area contributed by atoms with Crippen molar-refractivity contribution in [2.75, 3.05) is 0 Å². The second kappa shape index (κ2) is 8.96. The fourth-order valence-electron chi connectivity index (χ4n) is 3.45. The average Bonchev–Trinajstić information content (AvgIpc) is 3.37. The van der Waals surface area contributed by atoms with E-state index in [9.17, 15) is 4.79 Å². The number of hydrogen-bond donors (Lipinski definition) is 1. The molecule has 0 aliphatic rings. The molecule has 0 aliphatic carbocycles. The van der Waals surface area contributed by atoms with Crippen molar-refractivity contribution in [3.8, 4) is 11.8 Å². The van der Waals surface area contributed by atoms with Gasteiger partial charge in [0, 0.05) is 33.4 Å². The van der Waals surface area contributed by atoms with Crippen LogP contribution in [0, 0.1) is 11.3 Å². The van der Waals surface area contributed by atoms with Crippen LogP contribution >= 0.6 is 11.6 Å². The molecule has 4 aromatic rings. The Balaban J connectivity index is 1.57. The third-order valence-corrected chi connectivity index (χ3v) is 5.21. The Bertz CT molecular complexity index is 1490. The minimum atomic E-state index is -0.0538. The summed E-state index contributed by atoms with van der Waals surface area (Å²) in [7, 11) is 0. The van der Waals surface area contributed by atoms with Gasteiger partial charge in [-0.3, -0.25) is 4.79 Å². The SMILES string of the molecule is C=C(/C=c1/[nH]cc(C(=O)Cn2cnc3cc(Cl)ccc32)/c1=C/C)Oc1ccc(C#N)cc1. The second-order valence-corrected chi connectivity index (χ2v) is 7.53. The first kappa shape index (κ1) is 21.2. The number of fused-ring (bicyclic) bond motifs is 1.